The second-order valence-corrected chi connectivity index (χ2v) is 4.10. The van der Waals surface area contributed by atoms with Crippen LogP contribution in [0.5, 0.6) is 0 Å². The summed E-state index contributed by atoms with van der Waals surface area (Å²) in [6.07, 6.45) is 2.39. The topological polar surface area (TPSA) is 44.1 Å². The van der Waals surface area contributed by atoms with Gasteiger partial charge in [0.05, 0.1) is 18.2 Å². The molecule has 82 valence electrons. The molecular weight excluding hydrogens is 200 g/mol. The Labute approximate surface area is 95.3 Å². The maximum atomic E-state index is 11.9. The van der Waals surface area contributed by atoms with Crippen LogP contribution in [0.3, 0.4) is 0 Å². The van der Waals surface area contributed by atoms with Crippen LogP contribution in [0.2, 0.25) is 0 Å². The number of Topliss-reactive ketones (excluding diaryl/α,β-unsaturated/α-hetero) is 1. The van der Waals surface area contributed by atoms with Crippen molar-refractivity contribution in [2.45, 2.75) is 12.8 Å². The summed E-state index contributed by atoms with van der Waals surface area (Å²) in [5, 5.41) is 8.65. The molecule has 0 aromatic heterocycles. The van der Waals surface area contributed by atoms with Crippen molar-refractivity contribution in [1.82, 2.24) is 4.90 Å². The van der Waals surface area contributed by atoms with E-state index in [1.807, 2.05) is 6.07 Å². The van der Waals surface area contributed by atoms with Crippen molar-refractivity contribution in [3.05, 3.63) is 35.4 Å². The first kappa shape index (κ1) is 10.8. The first-order valence-electron chi connectivity index (χ1n) is 5.55. The van der Waals surface area contributed by atoms with E-state index in [9.17, 15) is 4.79 Å². The van der Waals surface area contributed by atoms with E-state index in [1.165, 1.54) is 12.8 Å². The van der Waals surface area contributed by atoms with Crippen LogP contribution in [-0.4, -0.2) is 30.3 Å². The van der Waals surface area contributed by atoms with Gasteiger partial charge in [-0.2, -0.15) is 5.26 Å². The molecule has 3 nitrogen and oxygen atoms in total. The molecule has 3 heteroatoms. The smallest absolute Gasteiger partial charge is 0.176 e. The number of nitrogens with zero attached hydrogens (tertiary/aromatic N) is 2. The molecule has 1 fully saturated rings. The second kappa shape index (κ2) is 4.91. The molecule has 1 aromatic rings. The van der Waals surface area contributed by atoms with Gasteiger partial charge in [-0.05, 0) is 38.1 Å². The minimum atomic E-state index is 0.145. The molecule has 1 aliphatic heterocycles. The number of hydrogen-bond acceptors (Lipinski definition) is 3. The van der Waals surface area contributed by atoms with Crippen LogP contribution in [-0.2, 0) is 0 Å². The van der Waals surface area contributed by atoms with Gasteiger partial charge in [-0.1, -0.05) is 12.1 Å². The van der Waals surface area contributed by atoms with Gasteiger partial charge in [0.15, 0.2) is 5.78 Å². The van der Waals surface area contributed by atoms with Crippen molar-refractivity contribution in [1.29, 1.82) is 5.26 Å². The molecule has 0 aliphatic carbocycles. The Kier molecular flexibility index (Phi) is 3.33. The normalized spacial score (nSPS) is 15.9. The van der Waals surface area contributed by atoms with E-state index in [1.54, 1.807) is 24.3 Å². The molecule has 1 heterocycles. The van der Waals surface area contributed by atoms with Crippen LogP contribution >= 0.6 is 0 Å². The Balaban J connectivity index is 2.00. The zero-order valence-electron chi connectivity index (χ0n) is 9.15. The molecule has 0 amide bonds. The number of carbonyl (C=O) groups is 1. The summed E-state index contributed by atoms with van der Waals surface area (Å²) < 4.78 is 0. The Morgan fingerprint density at radius 1 is 1.25 bits per heavy atom. The summed E-state index contributed by atoms with van der Waals surface area (Å²) in [5.41, 5.74) is 1.30. The first-order valence-corrected chi connectivity index (χ1v) is 5.55. The molecule has 2 rings (SSSR count). The summed E-state index contributed by atoms with van der Waals surface area (Å²) >= 11 is 0. The van der Waals surface area contributed by atoms with Gasteiger partial charge in [-0.15, -0.1) is 0 Å². The van der Waals surface area contributed by atoms with Crippen molar-refractivity contribution in [3.63, 3.8) is 0 Å². The van der Waals surface area contributed by atoms with E-state index >= 15 is 0 Å². The van der Waals surface area contributed by atoms with Crippen LogP contribution in [0.25, 0.3) is 0 Å². The van der Waals surface area contributed by atoms with E-state index < -0.39 is 0 Å². The third-order valence-corrected chi connectivity index (χ3v) is 2.90. The van der Waals surface area contributed by atoms with Crippen LogP contribution in [0.4, 0.5) is 0 Å². The van der Waals surface area contributed by atoms with E-state index in [2.05, 4.69) is 4.90 Å². The lowest BCUT2D eigenvalue weighted by Crippen LogP contribution is -2.26. The predicted octanol–water partition coefficient (Wildman–Crippen LogP) is 1.84. The summed E-state index contributed by atoms with van der Waals surface area (Å²) in [6.45, 7) is 2.57. The highest BCUT2D eigenvalue weighted by Crippen LogP contribution is 2.10. The van der Waals surface area contributed by atoms with Gasteiger partial charge in [0.25, 0.3) is 0 Å². The molecule has 1 saturated heterocycles. The molecule has 0 N–H and O–H groups in total. The highest BCUT2D eigenvalue weighted by molar-refractivity contribution is 5.97. The van der Waals surface area contributed by atoms with Crippen LogP contribution in [0.1, 0.15) is 28.8 Å². The van der Waals surface area contributed by atoms with E-state index in [-0.39, 0.29) is 5.78 Å². The van der Waals surface area contributed by atoms with Crippen molar-refractivity contribution in [2.75, 3.05) is 19.6 Å². The molecular formula is C13H14N2O. The lowest BCUT2D eigenvalue weighted by Gasteiger charge is -2.12. The third kappa shape index (κ3) is 2.47. The molecule has 0 unspecified atom stereocenters. The lowest BCUT2D eigenvalue weighted by atomic mass is 10.1. The molecule has 0 saturated carbocycles. The van der Waals surface area contributed by atoms with Gasteiger partial charge in [0, 0.05) is 5.56 Å². The molecule has 0 spiro atoms. The van der Waals surface area contributed by atoms with Gasteiger partial charge in [0.2, 0.25) is 0 Å². The van der Waals surface area contributed by atoms with Gasteiger partial charge in [-0.25, -0.2) is 0 Å². The number of carbonyl (C=O) groups excluding carboxylic acids is 1. The highest BCUT2D eigenvalue weighted by Gasteiger charge is 2.15. The van der Waals surface area contributed by atoms with E-state index in [0.717, 1.165) is 13.1 Å². The minimum absolute atomic E-state index is 0.145. The van der Waals surface area contributed by atoms with Gasteiger partial charge >= 0.3 is 0 Å². The number of benzene rings is 1. The van der Waals surface area contributed by atoms with Gasteiger partial charge < -0.3 is 0 Å². The van der Waals surface area contributed by atoms with E-state index in [4.69, 9.17) is 5.26 Å². The van der Waals surface area contributed by atoms with Crippen LogP contribution in [0, 0.1) is 11.3 Å². The highest BCUT2D eigenvalue weighted by atomic mass is 16.1. The average Bonchev–Trinajstić information content (AvgIpc) is 2.82. The average molecular weight is 214 g/mol. The SMILES string of the molecule is N#Cc1ccc(C(=O)CN2CCCC2)cc1. The van der Waals surface area contributed by atoms with Crippen molar-refractivity contribution in [3.8, 4) is 6.07 Å². The number of ketones is 1. The Bertz CT molecular complexity index is 411. The van der Waals surface area contributed by atoms with Crippen molar-refractivity contribution < 1.29 is 4.79 Å². The Hall–Kier alpha value is -1.66. The third-order valence-electron chi connectivity index (χ3n) is 2.90. The Morgan fingerprint density at radius 3 is 2.44 bits per heavy atom. The zero-order valence-corrected chi connectivity index (χ0v) is 9.15. The number of rotatable bonds is 3. The summed E-state index contributed by atoms with van der Waals surface area (Å²) in [7, 11) is 0. The maximum Gasteiger partial charge on any atom is 0.176 e. The zero-order chi connectivity index (χ0) is 11.4. The number of likely N-dealkylation sites (tertiary alicyclic amines) is 1. The molecule has 0 bridgehead atoms. The molecule has 1 aromatic carbocycles. The van der Waals surface area contributed by atoms with Crippen molar-refractivity contribution in [2.24, 2.45) is 0 Å². The fourth-order valence-electron chi connectivity index (χ4n) is 1.97. The maximum absolute atomic E-state index is 11.9. The Morgan fingerprint density at radius 2 is 1.88 bits per heavy atom. The van der Waals surface area contributed by atoms with Gasteiger partial charge in [0.1, 0.15) is 0 Å². The van der Waals surface area contributed by atoms with Crippen LogP contribution in [0.15, 0.2) is 24.3 Å². The lowest BCUT2D eigenvalue weighted by molar-refractivity contribution is 0.0945. The summed E-state index contributed by atoms with van der Waals surface area (Å²) in [5.74, 6) is 0.145. The number of hydrogen-bond donors (Lipinski definition) is 0. The van der Waals surface area contributed by atoms with Crippen LogP contribution < -0.4 is 0 Å². The summed E-state index contributed by atoms with van der Waals surface area (Å²) in [6, 6.07) is 8.89. The predicted molar refractivity (Wildman–Crippen MR) is 61.2 cm³/mol. The fraction of sp³-hybridized carbons (Fsp3) is 0.385. The first-order chi connectivity index (χ1) is 7.79. The van der Waals surface area contributed by atoms with E-state index in [0.29, 0.717) is 17.7 Å². The quantitative estimate of drug-likeness (QED) is 0.721. The largest absolute Gasteiger partial charge is 0.296 e. The second-order valence-electron chi connectivity index (χ2n) is 4.10. The monoisotopic (exact) mass is 214 g/mol. The number of nitriles is 1. The van der Waals surface area contributed by atoms with Gasteiger partial charge in [-0.3, -0.25) is 9.69 Å². The molecule has 0 radical (unpaired) electrons. The fourth-order valence-corrected chi connectivity index (χ4v) is 1.97. The summed E-state index contributed by atoms with van der Waals surface area (Å²) in [4.78, 5) is 14.1. The molecule has 16 heavy (non-hydrogen) atoms. The van der Waals surface area contributed by atoms with Crippen molar-refractivity contribution >= 4 is 5.78 Å². The standard InChI is InChI=1S/C13H14N2O/c14-9-11-3-5-12(6-4-11)13(16)10-15-7-1-2-8-15/h3-6H,1-2,7-8,10H2. The minimum Gasteiger partial charge on any atom is -0.296 e. The molecule has 0 atom stereocenters. The molecule has 1 aliphatic rings.